The third-order valence-electron chi connectivity index (χ3n) is 3.23. The number of hydrogen-bond donors (Lipinski definition) is 1. The molecule has 106 valence electrons. The van der Waals surface area contributed by atoms with Crippen LogP contribution in [-0.4, -0.2) is 12.2 Å². The Morgan fingerprint density at radius 1 is 1.10 bits per heavy atom. The fourth-order valence-electron chi connectivity index (χ4n) is 2.14. The normalized spacial score (nSPS) is 12.2. The molecule has 2 aromatic rings. The van der Waals surface area contributed by atoms with Crippen molar-refractivity contribution in [3.05, 3.63) is 53.1 Å². The SMILES string of the molecule is COc1cccc(Sc2cc(C)ccc2C)c1[C@H](C)O. The van der Waals surface area contributed by atoms with Crippen LogP contribution in [-0.2, 0) is 0 Å². The van der Waals surface area contributed by atoms with Gasteiger partial charge in [-0.15, -0.1) is 0 Å². The molecular weight excluding hydrogens is 268 g/mol. The Morgan fingerprint density at radius 3 is 2.50 bits per heavy atom. The predicted molar refractivity (Wildman–Crippen MR) is 83.7 cm³/mol. The van der Waals surface area contributed by atoms with E-state index in [1.165, 1.54) is 16.0 Å². The van der Waals surface area contributed by atoms with Gasteiger partial charge in [0.2, 0.25) is 0 Å². The summed E-state index contributed by atoms with van der Waals surface area (Å²) in [6.07, 6.45) is -0.557. The van der Waals surface area contributed by atoms with Gasteiger partial charge in [0, 0.05) is 15.4 Å². The van der Waals surface area contributed by atoms with Crippen molar-refractivity contribution in [3.8, 4) is 5.75 Å². The lowest BCUT2D eigenvalue weighted by molar-refractivity contribution is 0.191. The predicted octanol–water partition coefficient (Wildman–Crippen LogP) is 4.52. The second-order valence-electron chi connectivity index (χ2n) is 4.92. The number of rotatable bonds is 4. The monoisotopic (exact) mass is 288 g/mol. The van der Waals surface area contributed by atoms with Crippen LogP contribution in [0.3, 0.4) is 0 Å². The first-order valence-corrected chi connectivity index (χ1v) is 7.44. The van der Waals surface area contributed by atoms with E-state index < -0.39 is 6.10 Å². The number of ether oxygens (including phenoxy) is 1. The van der Waals surface area contributed by atoms with E-state index in [0.29, 0.717) is 0 Å². The molecule has 0 aliphatic heterocycles. The van der Waals surface area contributed by atoms with Gasteiger partial charge in [0.15, 0.2) is 0 Å². The Balaban J connectivity index is 2.45. The maximum absolute atomic E-state index is 10.0. The van der Waals surface area contributed by atoms with Crippen molar-refractivity contribution in [2.24, 2.45) is 0 Å². The lowest BCUT2D eigenvalue weighted by Crippen LogP contribution is -1.99. The summed E-state index contributed by atoms with van der Waals surface area (Å²) >= 11 is 1.67. The summed E-state index contributed by atoms with van der Waals surface area (Å²) in [6.45, 7) is 5.96. The summed E-state index contributed by atoms with van der Waals surface area (Å²) in [6, 6.07) is 12.3. The number of benzene rings is 2. The molecule has 2 nitrogen and oxygen atoms in total. The zero-order valence-electron chi connectivity index (χ0n) is 12.3. The molecule has 0 aliphatic carbocycles. The average Bonchev–Trinajstić information content (AvgIpc) is 2.42. The third-order valence-corrected chi connectivity index (χ3v) is 4.46. The summed E-state index contributed by atoms with van der Waals surface area (Å²) in [5.41, 5.74) is 3.32. The molecule has 2 aromatic carbocycles. The van der Waals surface area contributed by atoms with E-state index in [2.05, 4.69) is 32.0 Å². The number of hydrogen-bond acceptors (Lipinski definition) is 3. The molecule has 0 bridgehead atoms. The molecule has 1 N–H and O–H groups in total. The number of aryl methyl sites for hydroxylation is 2. The van der Waals surface area contributed by atoms with Crippen molar-refractivity contribution in [2.45, 2.75) is 36.7 Å². The second-order valence-corrected chi connectivity index (χ2v) is 6.00. The van der Waals surface area contributed by atoms with Crippen LogP contribution in [0.1, 0.15) is 29.7 Å². The minimum Gasteiger partial charge on any atom is -0.496 e. The zero-order valence-corrected chi connectivity index (χ0v) is 13.1. The van der Waals surface area contributed by atoms with E-state index in [1.54, 1.807) is 25.8 Å². The number of aliphatic hydroxyl groups is 1. The molecule has 0 saturated heterocycles. The first-order chi connectivity index (χ1) is 9.52. The first kappa shape index (κ1) is 14.9. The van der Waals surface area contributed by atoms with Gasteiger partial charge in [0.1, 0.15) is 5.75 Å². The molecule has 1 atom stereocenters. The lowest BCUT2D eigenvalue weighted by atomic mass is 10.1. The molecule has 0 unspecified atom stereocenters. The Bertz CT molecular complexity index is 606. The van der Waals surface area contributed by atoms with Gasteiger partial charge in [0.05, 0.1) is 13.2 Å². The first-order valence-electron chi connectivity index (χ1n) is 6.63. The minimum absolute atomic E-state index is 0.557. The smallest absolute Gasteiger partial charge is 0.125 e. The molecule has 0 spiro atoms. The molecule has 0 fully saturated rings. The highest BCUT2D eigenvalue weighted by Crippen LogP contribution is 2.39. The Labute approximate surface area is 124 Å². The number of aliphatic hydroxyl groups excluding tert-OH is 1. The quantitative estimate of drug-likeness (QED) is 0.897. The summed E-state index contributed by atoms with van der Waals surface area (Å²) in [4.78, 5) is 2.24. The third kappa shape index (κ3) is 3.17. The van der Waals surface area contributed by atoms with E-state index in [9.17, 15) is 5.11 Å². The van der Waals surface area contributed by atoms with E-state index in [1.807, 2.05) is 18.2 Å². The van der Waals surface area contributed by atoms with Crippen LogP contribution >= 0.6 is 11.8 Å². The van der Waals surface area contributed by atoms with E-state index in [0.717, 1.165) is 16.2 Å². The highest BCUT2D eigenvalue weighted by Gasteiger charge is 2.15. The average molecular weight is 288 g/mol. The van der Waals surface area contributed by atoms with Crippen molar-refractivity contribution in [3.63, 3.8) is 0 Å². The molecule has 2 rings (SSSR count). The van der Waals surface area contributed by atoms with Crippen LogP contribution in [0, 0.1) is 13.8 Å². The second kappa shape index (κ2) is 6.33. The van der Waals surface area contributed by atoms with Gasteiger partial charge in [-0.1, -0.05) is 30.0 Å². The molecular formula is C17H20O2S. The maximum Gasteiger partial charge on any atom is 0.125 e. The molecule has 0 aliphatic rings. The van der Waals surface area contributed by atoms with Crippen LogP contribution in [0.5, 0.6) is 5.75 Å². The summed E-state index contributed by atoms with van der Waals surface area (Å²) in [5.74, 6) is 0.732. The van der Waals surface area contributed by atoms with E-state index >= 15 is 0 Å². The summed E-state index contributed by atoms with van der Waals surface area (Å²) < 4.78 is 5.37. The Kier molecular flexibility index (Phi) is 4.73. The highest BCUT2D eigenvalue weighted by atomic mass is 32.2. The molecule has 0 radical (unpaired) electrons. The van der Waals surface area contributed by atoms with Gasteiger partial charge in [0.25, 0.3) is 0 Å². The molecule has 0 saturated carbocycles. The zero-order chi connectivity index (χ0) is 14.7. The largest absolute Gasteiger partial charge is 0.496 e. The molecule has 20 heavy (non-hydrogen) atoms. The van der Waals surface area contributed by atoms with Gasteiger partial charge in [-0.3, -0.25) is 0 Å². The molecule has 0 amide bonds. The topological polar surface area (TPSA) is 29.5 Å². The van der Waals surface area contributed by atoms with Gasteiger partial charge >= 0.3 is 0 Å². The standard InChI is InChI=1S/C17H20O2S/c1-11-8-9-12(2)16(10-11)20-15-7-5-6-14(19-4)17(15)13(3)18/h5-10,13,18H,1-4H3/t13-/m0/s1. The van der Waals surface area contributed by atoms with Crippen molar-refractivity contribution in [1.29, 1.82) is 0 Å². The van der Waals surface area contributed by atoms with Crippen molar-refractivity contribution in [2.75, 3.05) is 7.11 Å². The van der Waals surface area contributed by atoms with Crippen LogP contribution in [0.4, 0.5) is 0 Å². The van der Waals surface area contributed by atoms with Gasteiger partial charge in [-0.25, -0.2) is 0 Å². The van der Waals surface area contributed by atoms with E-state index in [4.69, 9.17) is 4.74 Å². The fourth-order valence-corrected chi connectivity index (χ4v) is 3.38. The van der Waals surface area contributed by atoms with Gasteiger partial charge in [-0.2, -0.15) is 0 Å². The van der Waals surface area contributed by atoms with Crippen LogP contribution < -0.4 is 4.74 Å². The van der Waals surface area contributed by atoms with Crippen LogP contribution in [0.15, 0.2) is 46.2 Å². The highest BCUT2D eigenvalue weighted by molar-refractivity contribution is 7.99. The lowest BCUT2D eigenvalue weighted by Gasteiger charge is -2.16. The molecule has 0 heterocycles. The van der Waals surface area contributed by atoms with Crippen molar-refractivity contribution in [1.82, 2.24) is 0 Å². The van der Waals surface area contributed by atoms with Crippen molar-refractivity contribution >= 4 is 11.8 Å². The van der Waals surface area contributed by atoms with Gasteiger partial charge < -0.3 is 9.84 Å². The number of methoxy groups -OCH3 is 1. The van der Waals surface area contributed by atoms with Crippen LogP contribution in [0.2, 0.25) is 0 Å². The Hall–Kier alpha value is -1.45. The van der Waals surface area contributed by atoms with Gasteiger partial charge in [-0.05, 0) is 50.1 Å². The minimum atomic E-state index is -0.557. The molecule has 3 heteroatoms. The van der Waals surface area contributed by atoms with Crippen LogP contribution in [0.25, 0.3) is 0 Å². The van der Waals surface area contributed by atoms with Crippen molar-refractivity contribution < 1.29 is 9.84 Å². The fraction of sp³-hybridized carbons (Fsp3) is 0.294. The summed E-state index contributed by atoms with van der Waals surface area (Å²) in [5, 5.41) is 10.0. The maximum atomic E-state index is 10.0. The van der Waals surface area contributed by atoms with E-state index in [-0.39, 0.29) is 0 Å². The molecule has 0 aromatic heterocycles. The Morgan fingerprint density at radius 2 is 1.85 bits per heavy atom. The summed E-state index contributed by atoms with van der Waals surface area (Å²) in [7, 11) is 1.63.